The molecule has 0 aliphatic rings. The highest BCUT2D eigenvalue weighted by atomic mass is 16.4. The molecular formula is C13H27N3O3. The Labute approximate surface area is 115 Å². The third kappa shape index (κ3) is 7.66. The molecule has 0 aliphatic heterocycles. The Kier molecular flexibility index (Phi) is 8.95. The second-order valence-electron chi connectivity index (χ2n) is 4.69. The number of nitrogens with one attached hydrogen (secondary N) is 1. The van der Waals surface area contributed by atoms with Gasteiger partial charge in [-0.25, -0.2) is 4.79 Å². The SMILES string of the molecule is CCN(CC)CCNC(=O)N(CCC(=O)O)C(C)C. The first-order valence-electron chi connectivity index (χ1n) is 6.90. The van der Waals surface area contributed by atoms with E-state index in [0.717, 1.165) is 19.6 Å². The maximum Gasteiger partial charge on any atom is 0.317 e. The molecule has 0 saturated heterocycles. The van der Waals surface area contributed by atoms with Crippen LogP contribution in [0.25, 0.3) is 0 Å². The van der Waals surface area contributed by atoms with Gasteiger partial charge in [-0.15, -0.1) is 0 Å². The lowest BCUT2D eigenvalue weighted by atomic mass is 10.3. The lowest BCUT2D eigenvalue weighted by molar-refractivity contribution is -0.137. The maximum absolute atomic E-state index is 12.0. The van der Waals surface area contributed by atoms with Crippen LogP contribution in [0.1, 0.15) is 34.1 Å². The van der Waals surface area contributed by atoms with Crippen LogP contribution in [0.5, 0.6) is 0 Å². The van der Waals surface area contributed by atoms with Gasteiger partial charge >= 0.3 is 12.0 Å². The number of hydrogen-bond donors (Lipinski definition) is 2. The van der Waals surface area contributed by atoms with Crippen LogP contribution in [-0.2, 0) is 4.79 Å². The Morgan fingerprint density at radius 1 is 1.16 bits per heavy atom. The summed E-state index contributed by atoms with van der Waals surface area (Å²) in [4.78, 5) is 26.3. The van der Waals surface area contributed by atoms with Crippen LogP contribution in [0, 0.1) is 0 Å². The quantitative estimate of drug-likeness (QED) is 0.662. The zero-order valence-electron chi connectivity index (χ0n) is 12.5. The number of amides is 2. The third-order valence-electron chi connectivity index (χ3n) is 3.05. The van der Waals surface area contributed by atoms with Gasteiger partial charge in [-0.1, -0.05) is 13.8 Å². The molecular weight excluding hydrogens is 246 g/mol. The summed E-state index contributed by atoms with van der Waals surface area (Å²) in [5, 5.41) is 11.5. The molecule has 0 aromatic rings. The van der Waals surface area contributed by atoms with Crippen LogP contribution in [-0.4, -0.2) is 65.7 Å². The summed E-state index contributed by atoms with van der Waals surface area (Å²) >= 11 is 0. The minimum Gasteiger partial charge on any atom is -0.481 e. The molecule has 0 aromatic heterocycles. The molecule has 0 atom stereocenters. The van der Waals surface area contributed by atoms with Gasteiger partial charge < -0.3 is 20.2 Å². The van der Waals surface area contributed by atoms with E-state index in [-0.39, 0.29) is 25.0 Å². The first-order valence-corrected chi connectivity index (χ1v) is 6.90. The average molecular weight is 273 g/mol. The summed E-state index contributed by atoms with van der Waals surface area (Å²) in [7, 11) is 0. The predicted molar refractivity (Wildman–Crippen MR) is 75.3 cm³/mol. The zero-order chi connectivity index (χ0) is 14.8. The fraction of sp³-hybridized carbons (Fsp3) is 0.846. The summed E-state index contributed by atoms with van der Waals surface area (Å²) in [6, 6.07) is -0.198. The minimum atomic E-state index is -0.887. The summed E-state index contributed by atoms with van der Waals surface area (Å²) in [5.74, 6) is -0.887. The van der Waals surface area contributed by atoms with Gasteiger partial charge in [0.05, 0.1) is 6.42 Å². The molecule has 0 spiro atoms. The van der Waals surface area contributed by atoms with Crippen molar-refractivity contribution in [1.82, 2.24) is 15.1 Å². The van der Waals surface area contributed by atoms with Gasteiger partial charge in [-0.2, -0.15) is 0 Å². The van der Waals surface area contributed by atoms with E-state index < -0.39 is 5.97 Å². The number of nitrogens with zero attached hydrogens (tertiary/aromatic N) is 2. The predicted octanol–water partition coefficient (Wildman–Crippen LogP) is 1.22. The lowest BCUT2D eigenvalue weighted by Gasteiger charge is -2.27. The number of aliphatic carboxylic acids is 1. The Hall–Kier alpha value is -1.30. The second-order valence-corrected chi connectivity index (χ2v) is 4.69. The number of carboxylic acids is 1. The number of likely N-dealkylation sites (N-methyl/N-ethyl adjacent to an activating group) is 1. The van der Waals surface area contributed by atoms with E-state index in [1.807, 2.05) is 13.8 Å². The molecule has 0 aromatic carbocycles. The average Bonchev–Trinajstić information content (AvgIpc) is 2.34. The molecule has 6 nitrogen and oxygen atoms in total. The number of carboxylic acid groups (broad SMARTS) is 1. The van der Waals surface area contributed by atoms with E-state index in [4.69, 9.17) is 5.11 Å². The summed E-state index contributed by atoms with van der Waals surface area (Å²) in [6.07, 6.45) is -0.0261. The van der Waals surface area contributed by atoms with Gasteiger partial charge in [0.25, 0.3) is 0 Å². The molecule has 19 heavy (non-hydrogen) atoms. The molecule has 0 bridgehead atoms. The largest absolute Gasteiger partial charge is 0.481 e. The number of hydrogen-bond acceptors (Lipinski definition) is 3. The number of carbonyl (C=O) groups is 2. The third-order valence-corrected chi connectivity index (χ3v) is 3.05. The normalized spacial score (nSPS) is 10.8. The van der Waals surface area contributed by atoms with Crippen molar-refractivity contribution in [3.05, 3.63) is 0 Å². The van der Waals surface area contributed by atoms with Crippen molar-refractivity contribution in [3.8, 4) is 0 Å². The number of urea groups is 1. The van der Waals surface area contributed by atoms with Crippen molar-refractivity contribution in [2.45, 2.75) is 40.2 Å². The van der Waals surface area contributed by atoms with Crippen molar-refractivity contribution >= 4 is 12.0 Å². The summed E-state index contributed by atoms with van der Waals surface area (Å²) < 4.78 is 0. The minimum absolute atomic E-state index is 0.00666. The Morgan fingerprint density at radius 2 is 1.74 bits per heavy atom. The molecule has 0 heterocycles. The molecule has 0 radical (unpaired) electrons. The molecule has 2 amide bonds. The first kappa shape index (κ1) is 17.7. The van der Waals surface area contributed by atoms with Gasteiger partial charge in [0, 0.05) is 25.7 Å². The topological polar surface area (TPSA) is 72.9 Å². The number of carbonyl (C=O) groups excluding carboxylic acids is 1. The van der Waals surface area contributed by atoms with Crippen LogP contribution < -0.4 is 5.32 Å². The van der Waals surface area contributed by atoms with E-state index in [1.54, 1.807) is 4.90 Å². The Balaban J connectivity index is 4.14. The second kappa shape index (κ2) is 9.61. The summed E-state index contributed by atoms with van der Waals surface area (Å²) in [6.45, 7) is 11.5. The van der Waals surface area contributed by atoms with E-state index >= 15 is 0 Å². The maximum atomic E-state index is 12.0. The van der Waals surface area contributed by atoms with Crippen molar-refractivity contribution in [2.24, 2.45) is 0 Å². The van der Waals surface area contributed by atoms with Crippen molar-refractivity contribution < 1.29 is 14.7 Å². The van der Waals surface area contributed by atoms with E-state index in [1.165, 1.54) is 0 Å². The standard InChI is InChI=1S/C13H27N3O3/c1-5-15(6-2)10-8-14-13(19)16(11(3)4)9-7-12(17)18/h11H,5-10H2,1-4H3,(H,14,19)(H,17,18). The highest BCUT2D eigenvalue weighted by Gasteiger charge is 2.17. The molecule has 0 saturated carbocycles. The Bertz CT molecular complexity index is 278. The fourth-order valence-electron chi connectivity index (χ4n) is 1.77. The highest BCUT2D eigenvalue weighted by molar-refractivity contribution is 5.75. The van der Waals surface area contributed by atoms with Crippen LogP contribution >= 0.6 is 0 Å². The molecule has 0 fully saturated rings. The van der Waals surface area contributed by atoms with E-state index in [0.29, 0.717) is 6.54 Å². The molecule has 0 aliphatic carbocycles. The van der Waals surface area contributed by atoms with Gasteiger partial charge in [-0.3, -0.25) is 4.79 Å². The smallest absolute Gasteiger partial charge is 0.317 e. The molecule has 2 N–H and O–H groups in total. The fourth-order valence-corrected chi connectivity index (χ4v) is 1.77. The van der Waals surface area contributed by atoms with Crippen molar-refractivity contribution in [2.75, 3.05) is 32.7 Å². The van der Waals surface area contributed by atoms with Crippen LogP contribution in [0.4, 0.5) is 4.79 Å². The lowest BCUT2D eigenvalue weighted by Crippen LogP contribution is -2.46. The van der Waals surface area contributed by atoms with Crippen molar-refractivity contribution in [3.63, 3.8) is 0 Å². The summed E-state index contributed by atoms with van der Waals surface area (Å²) in [5.41, 5.74) is 0. The van der Waals surface area contributed by atoms with Gasteiger partial charge in [0.2, 0.25) is 0 Å². The molecule has 6 heteroatoms. The molecule has 0 rings (SSSR count). The molecule has 0 unspecified atom stereocenters. The van der Waals surface area contributed by atoms with Crippen molar-refractivity contribution in [1.29, 1.82) is 0 Å². The van der Waals surface area contributed by atoms with Gasteiger partial charge in [-0.05, 0) is 26.9 Å². The van der Waals surface area contributed by atoms with Gasteiger partial charge in [0.15, 0.2) is 0 Å². The molecule has 112 valence electrons. The zero-order valence-corrected chi connectivity index (χ0v) is 12.5. The van der Waals surface area contributed by atoms with E-state index in [9.17, 15) is 9.59 Å². The Morgan fingerprint density at radius 3 is 2.16 bits per heavy atom. The van der Waals surface area contributed by atoms with E-state index in [2.05, 4.69) is 24.1 Å². The van der Waals surface area contributed by atoms with Crippen LogP contribution in [0.15, 0.2) is 0 Å². The first-order chi connectivity index (χ1) is 8.92. The van der Waals surface area contributed by atoms with Crippen LogP contribution in [0.3, 0.4) is 0 Å². The van der Waals surface area contributed by atoms with Crippen LogP contribution in [0.2, 0.25) is 0 Å². The van der Waals surface area contributed by atoms with Gasteiger partial charge in [0.1, 0.15) is 0 Å². The highest BCUT2D eigenvalue weighted by Crippen LogP contribution is 2.00. The number of rotatable bonds is 9. The monoisotopic (exact) mass is 273 g/mol.